The molecule has 0 saturated carbocycles. The fourth-order valence-corrected chi connectivity index (χ4v) is 3.13. The largest absolute Gasteiger partial charge is 0.299 e. The molecule has 2 aromatic carbocycles. The fraction of sp³-hybridized carbons (Fsp3) is 0. The van der Waals surface area contributed by atoms with Crippen LogP contribution < -0.4 is 0 Å². The molecular weight excluding hydrogens is 361 g/mol. The molecule has 0 radical (unpaired) electrons. The molecule has 0 saturated heterocycles. The van der Waals surface area contributed by atoms with Gasteiger partial charge in [0.2, 0.25) is 0 Å². The van der Waals surface area contributed by atoms with Gasteiger partial charge in [-0.15, -0.1) is 0 Å². The topological polar surface area (TPSA) is 52.5 Å². The monoisotopic (exact) mass is 369 g/mol. The van der Waals surface area contributed by atoms with E-state index in [0.29, 0.717) is 11.3 Å². The van der Waals surface area contributed by atoms with Crippen molar-refractivity contribution in [1.29, 1.82) is 10.5 Å². The zero-order chi connectivity index (χ0) is 14.1. The van der Waals surface area contributed by atoms with Crippen molar-refractivity contribution in [3.8, 4) is 17.8 Å². The number of nitriles is 2. The minimum atomic E-state index is 0.557. The molecule has 94 valence electrons. The first kappa shape index (κ1) is 12.7. The summed E-state index contributed by atoms with van der Waals surface area (Å²) in [4.78, 5) is 0. The van der Waals surface area contributed by atoms with Gasteiger partial charge >= 0.3 is 0 Å². The van der Waals surface area contributed by atoms with Gasteiger partial charge in [0.1, 0.15) is 17.8 Å². The van der Waals surface area contributed by atoms with Gasteiger partial charge in [0.25, 0.3) is 0 Å². The Labute approximate surface area is 129 Å². The Bertz CT molecular complexity index is 894. The van der Waals surface area contributed by atoms with Gasteiger partial charge in [-0.3, -0.25) is 4.57 Å². The number of fused-ring (bicyclic) bond motifs is 1. The highest BCUT2D eigenvalue weighted by Crippen LogP contribution is 2.31. The maximum Gasteiger partial charge on any atom is 0.139 e. The highest BCUT2D eigenvalue weighted by molar-refractivity contribution is 14.1. The number of aromatic nitrogens is 1. The third-order valence-corrected chi connectivity index (χ3v) is 4.28. The van der Waals surface area contributed by atoms with Crippen LogP contribution >= 0.6 is 22.6 Å². The Morgan fingerprint density at radius 3 is 2.35 bits per heavy atom. The first-order chi connectivity index (χ1) is 9.77. The molecule has 20 heavy (non-hydrogen) atoms. The van der Waals surface area contributed by atoms with Crippen LogP contribution in [0.4, 0.5) is 0 Å². The number of halogens is 1. The average Bonchev–Trinajstić information content (AvgIpc) is 2.80. The maximum absolute atomic E-state index is 9.47. The van der Waals surface area contributed by atoms with Crippen molar-refractivity contribution < 1.29 is 0 Å². The summed E-state index contributed by atoms with van der Waals surface area (Å²) in [7, 11) is 0. The number of benzene rings is 2. The van der Waals surface area contributed by atoms with E-state index in [4.69, 9.17) is 0 Å². The van der Waals surface area contributed by atoms with Crippen LogP contribution in [0.5, 0.6) is 0 Å². The zero-order valence-electron chi connectivity index (χ0n) is 10.3. The molecule has 0 aliphatic carbocycles. The molecule has 3 rings (SSSR count). The molecule has 1 aromatic heterocycles. The van der Waals surface area contributed by atoms with Gasteiger partial charge in [0.15, 0.2) is 0 Å². The summed E-state index contributed by atoms with van der Waals surface area (Å²) in [6.45, 7) is 0. The molecule has 3 aromatic rings. The van der Waals surface area contributed by atoms with Crippen molar-refractivity contribution in [1.82, 2.24) is 4.57 Å². The fourth-order valence-electron chi connectivity index (χ4n) is 2.31. The summed E-state index contributed by atoms with van der Waals surface area (Å²) in [5.41, 5.74) is 2.80. The first-order valence-electron chi connectivity index (χ1n) is 5.96. The highest BCUT2D eigenvalue weighted by atomic mass is 127. The Balaban J connectivity index is 2.49. The quantitative estimate of drug-likeness (QED) is 0.610. The summed E-state index contributed by atoms with van der Waals surface area (Å²) < 4.78 is 2.77. The lowest BCUT2D eigenvalue weighted by molar-refractivity contribution is 1.08. The van der Waals surface area contributed by atoms with Gasteiger partial charge in [-0.05, 0) is 40.8 Å². The highest BCUT2D eigenvalue weighted by Gasteiger charge is 2.17. The minimum absolute atomic E-state index is 0.557. The molecule has 3 nitrogen and oxygen atoms in total. The van der Waals surface area contributed by atoms with E-state index in [0.717, 1.165) is 20.2 Å². The minimum Gasteiger partial charge on any atom is -0.299 e. The van der Waals surface area contributed by atoms with E-state index in [-0.39, 0.29) is 0 Å². The summed E-state index contributed by atoms with van der Waals surface area (Å²) >= 11 is 2.18. The summed E-state index contributed by atoms with van der Waals surface area (Å²) in [5.74, 6) is 0. The van der Waals surface area contributed by atoms with Crippen molar-refractivity contribution in [2.45, 2.75) is 0 Å². The number of nitrogens with zero attached hydrogens (tertiary/aromatic N) is 3. The number of hydrogen-bond acceptors (Lipinski definition) is 2. The normalized spacial score (nSPS) is 10.2. The van der Waals surface area contributed by atoms with Gasteiger partial charge in [-0.1, -0.05) is 30.3 Å². The summed E-state index contributed by atoms with van der Waals surface area (Å²) in [5, 5.41) is 19.8. The van der Waals surface area contributed by atoms with Crippen LogP contribution in [0.1, 0.15) is 11.3 Å². The average molecular weight is 369 g/mol. The maximum atomic E-state index is 9.47. The van der Waals surface area contributed by atoms with Crippen molar-refractivity contribution in [3.63, 3.8) is 0 Å². The van der Waals surface area contributed by atoms with Gasteiger partial charge in [-0.2, -0.15) is 10.5 Å². The smallest absolute Gasteiger partial charge is 0.139 e. The van der Waals surface area contributed by atoms with Crippen LogP contribution in [-0.4, -0.2) is 4.57 Å². The predicted molar refractivity (Wildman–Crippen MR) is 85.4 cm³/mol. The van der Waals surface area contributed by atoms with Crippen LogP contribution in [0.2, 0.25) is 0 Å². The second kappa shape index (κ2) is 4.99. The second-order valence-electron chi connectivity index (χ2n) is 4.26. The predicted octanol–water partition coefficient (Wildman–Crippen LogP) is 3.98. The van der Waals surface area contributed by atoms with Gasteiger partial charge in [0.05, 0.1) is 20.3 Å². The SMILES string of the molecule is N#Cc1ccccc1-n1c(C#N)c(I)c2ccccc21. The lowest BCUT2D eigenvalue weighted by Gasteiger charge is -2.08. The Hall–Kier alpha value is -2.31. The molecule has 1 heterocycles. The van der Waals surface area contributed by atoms with Crippen molar-refractivity contribution >= 4 is 33.5 Å². The lowest BCUT2D eigenvalue weighted by Crippen LogP contribution is -2.00. The van der Waals surface area contributed by atoms with Crippen LogP contribution in [0.25, 0.3) is 16.6 Å². The molecule has 4 heteroatoms. The number of para-hydroxylation sites is 2. The summed E-state index contributed by atoms with van der Waals surface area (Å²) in [6, 6.07) is 19.6. The van der Waals surface area contributed by atoms with Crippen LogP contribution in [0.3, 0.4) is 0 Å². The van der Waals surface area contributed by atoms with Crippen molar-refractivity contribution in [2.24, 2.45) is 0 Å². The van der Waals surface area contributed by atoms with Crippen LogP contribution in [-0.2, 0) is 0 Å². The third-order valence-electron chi connectivity index (χ3n) is 3.18. The standard InChI is InChI=1S/C16H8IN3/c17-16-12-6-2-4-8-14(12)20(15(16)10-19)13-7-3-1-5-11(13)9-18/h1-8H. The van der Waals surface area contributed by atoms with Crippen molar-refractivity contribution in [2.75, 3.05) is 0 Å². The van der Waals surface area contributed by atoms with Gasteiger partial charge < -0.3 is 0 Å². The Morgan fingerprint density at radius 2 is 1.60 bits per heavy atom. The molecule has 0 aliphatic heterocycles. The molecule has 0 N–H and O–H groups in total. The van der Waals surface area contributed by atoms with E-state index < -0.39 is 0 Å². The number of rotatable bonds is 1. The molecule has 0 atom stereocenters. The van der Waals surface area contributed by atoms with E-state index in [1.165, 1.54) is 0 Å². The second-order valence-corrected chi connectivity index (χ2v) is 5.33. The van der Waals surface area contributed by atoms with Gasteiger partial charge in [-0.25, -0.2) is 0 Å². The van der Waals surface area contributed by atoms with E-state index in [1.54, 1.807) is 6.07 Å². The molecular formula is C16H8IN3. The summed E-state index contributed by atoms with van der Waals surface area (Å²) in [6.07, 6.45) is 0. The zero-order valence-corrected chi connectivity index (χ0v) is 12.5. The van der Waals surface area contributed by atoms with E-state index in [1.807, 2.05) is 47.0 Å². The lowest BCUT2D eigenvalue weighted by atomic mass is 10.2. The molecule has 0 bridgehead atoms. The molecule has 0 unspecified atom stereocenters. The van der Waals surface area contributed by atoms with Crippen LogP contribution in [0, 0.1) is 26.2 Å². The van der Waals surface area contributed by atoms with Crippen molar-refractivity contribution in [3.05, 3.63) is 63.4 Å². The third kappa shape index (κ3) is 1.77. The van der Waals surface area contributed by atoms with E-state index in [2.05, 4.69) is 34.7 Å². The Kier molecular flexibility index (Phi) is 3.17. The Morgan fingerprint density at radius 1 is 0.900 bits per heavy atom. The molecule has 0 fully saturated rings. The van der Waals surface area contributed by atoms with Crippen LogP contribution in [0.15, 0.2) is 48.5 Å². The van der Waals surface area contributed by atoms with Gasteiger partial charge in [0, 0.05) is 5.39 Å². The molecule has 0 spiro atoms. The number of hydrogen-bond donors (Lipinski definition) is 0. The van der Waals surface area contributed by atoms with E-state index >= 15 is 0 Å². The molecule has 0 aliphatic rings. The first-order valence-corrected chi connectivity index (χ1v) is 7.04. The molecule has 0 amide bonds. The van der Waals surface area contributed by atoms with E-state index in [9.17, 15) is 10.5 Å².